The summed E-state index contributed by atoms with van der Waals surface area (Å²) in [6.45, 7) is 16.8. The lowest BCUT2D eigenvalue weighted by Crippen LogP contribution is -2.63. The number of ketones is 2. The molecule has 4 fully saturated rings. The van der Waals surface area contributed by atoms with Crippen LogP contribution in [0, 0.1) is 28.6 Å². The third-order valence-corrected chi connectivity index (χ3v) is 14.7. The van der Waals surface area contributed by atoms with Crippen molar-refractivity contribution in [1.82, 2.24) is 10.6 Å². The molecule has 2 aromatic rings. The number of nitrogens with one attached hydrogen (secondary N) is 3. The van der Waals surface area contributed by atoms with Gasteiger partial charge < -0.3 is 44.7 Å². The van der Waals surface area contributed by atoms with E-state index in [1.165, 1.54) is 6.92 Å². The number of fused-ring (bicyclic) bond motifs is 7. The largest absolute Gasteiger partial charge is 0.460 e. The van der Waals surface area contributed by atoms with Crippen LogP contribution < -0.4 is 16.0 Å². The molecule has 4 N–H and O–H groups in total. The molecule has 0 spiro atoms. The molecule has 0 bridgehead atoms. The molecule has 3 amide bonds. The highest BCUT2D eigenvalue weighted by molar-refractivity contribution is 6.01. The van der Waals surface area contributed by atoms with Gasteiger partial charge in [0, 0.05) is 28.0 Å². The van der Waals surface area contributed by atoms with Gasteiger partial charge in [0.15, 0.2) is 24.3 Å². The monoisotopic (exact) mass is 967 g/mol. The zero-order valence-electron chi connectivity index (χ0n) is 42.0. The van der Waals surface area contributed by atoms with Crippen molar-refractivity contribution in [3.63, 3.8) is 0 Å². The fourth-order valence-corrected chi connectivity index (χ4v) is 11.6. The van der Waals surface area contributed by atoms with Crippen molar-refractivity contribution in [3.05, 3.63) is 89.0 Å². The molecule has 11 atom stereocenters. The molecule has 378 valence electrons. The second kappa shape index (κ2) is 19.8. The molecule has 7 rings (SSSR count). The van der Waals surface area contributed by atoms with Crippen molar-refractivity contribution in [2.24, 2.45) is 28.6 Å². The molecular formula is C54H69N3O13. The van der Waals surface area contributed by atoms with Crippen LogP contribution in [0.5, 0.6) is 0 Å². The zero-order chi connectivity index (χ0) is 51.1. The molecule has 5 aliphatic rings. The third-order valence-electron chi connectivity index (χ3n) is 14.7. The number of carbonyl (C=O) groups excluding carboxylic acids is 7. The smallest absolute Gasteiger partial charge is 0.408 e. The number of rotatable bonds is 14. The van der Waals surface area contributed by atoms with Crippen LogP contribution in [0.1, 0.15) is 131 Å². The van der Waals surface area contributed by atoms with Crippen molar-refractivity contribution in [1.29, 1.82) is 0 Å². The number of ether oxygens (including phenoxy) is 5. The maximum atomic E-state index is 14.9. The van der Waals surface area contributed by atoms with Crippen molar-refractivity contribution in [2.45, 2.75) is 162 Å². The van der Waals surface area contributed by atoms with Gasteiger partial charge in [0.05, 0.1) is 25.0 Å². The molecule has 70 heavy (non-hydrogen) atoms. The average molecular weight is 968 g/mol. The van der Waals surface area contributed by atoms with Gasteiger partial charge in [-0.25, -0.2) is 4.79 Å². The number of amides is 3. The number of aliphatic hydroxyl groups is 1. The van der Waals surface area contributed by atoms with E-state index in [0.29, 0.717) is 36.9 Å². The number of allylic oxidation sites excluding steroid dienone is 4. The summed E-state index contributed by atoms with van der Waals surface area (Å²) in [6.07, 6.45) is 4.04. The Morgan fingerprint density at radius 1 is 0.857 bits per heavy atom. The summed E-state index contributed by atoms with van der Waals surface area (Å²) in [4.78, 5) is 90.6. The average Bonchev–Trinajstić information content (AvgIpc) is 3.76. The van der Waals surface area contributed by atoms with E-state index in [1.807, 2.05) is 55.5 Å². The highest BCUT2D eigenvalue weighted by Gasteiger charge is 2.76. The van der Waals surface area contributed by atoms with Crippen LogP contribution in [0.25, 0.3) is 0 Å². The third kappa shape index (κ3) is 10.9. The lowest BCUT2D eigenvalue weighted by molar-refractivity contribution is -0.202. The van der Waals surface area contributed by atoms with Crippen LogP contribution >= 0.6 is 0 Å². The maximum Gasteiger partial charge on any atom is 0.408 e. The summed E-state index contributed by atoms with van der Waals surface area (Å²) in [6, 6.07) is 13.1. The molecule has 0 aromatic heterocycles. The molecule has 1 unspecified atom stereocenters. The lowest BCUT2D eigenvalue weighted by atomic mass is 9.46. The Bertz CT molecular complexity index is 2450. The Balaban J connectivity index is 1.04. The zero-order valence-corrected chi connectivity index (χ0v) is 42.0. The van der Waals surface area contributed by atoms with E-state index in [4.69, 9.17) is 23.7 Å². The number of alkyl carbamates (subject to hydrolysis) is 1. The van der Waals surface area contributed by atoms with Crippen LogP contribution in [0.4, 0.5) is 10.5 Å². The second-order valence-corrected chi connectivity index (χ2v) is 22.1. The molecule has 2 aromatic carbocycles. The predicted octanol–water partition coefficient (Wildman–Crippen LogP) is 6.91. The van der Waals surface area contributed by atoms with E-state index in [9.17, 15) is 38.7 Å². The first-order chi connectivity index (χ1) is 32.7. The van der Waals surface area contributed by atoms with Gasteiger partial charge in [0.1, 0.15) is 23.3 Å². The van der Waals surface area contributed by atoms with Gasteiger partial charge >= 0.3 is 18.0 Å². The minimum Gasteiger partial charge on any atom is -0.460 e. The SMILES string of the molecule is C[C@H](NC(=O)OC(C)(C)C)C(=O)N[C@@H](C)C(=O)Nc1cccc(Cc2ccc(C3O[C@@H]4C[C@H]5[C@@H]6CCC7=CC(=O)C=C[C@]7(C)[C@H]6[C@@H](O)C[C@]5(C)[C@]4(C(=O)COC(=O)CCC(=O)OC(C)(C)C)O3)cc2)c1. The first kappa shape index (κ1) is 52.1. The van der Waals surface area contributed by atoms with Gasteiger partial charge in [-0.15, -0.1) is 0 Å². The number of aliphatic hydroxyl groups excluding tert-OH is 1. The number of Topliss-reactive ketones (excluding diaryl/α,β-unsaturated/α-hetero) is 1. The summed E-state index contributed by atoms with van der Waals surface area (Å²) in [5.41, 5.74) is -0.470. The number of benzene rings is 2. The number of hydrogen-bond acceptors (Lipinski definition) is 13. The molecule has 3 saturated carbocycles. The molecule has 16 heteroatoms. The van der Waals surface area contributed by atoms with Gasteiger partial charge in [-0.2, -0.15) is 0 Å². The Hall–Kier alpha value is -5.71. The molecule has 1 saturated heterocycles. The first-order valence-electron chi connectivity index (χ1n) is 24.4. The van der Waals surface area contributed by atoms with E-state index in [-0.39, 0.29) is 42.8 Å². The fourth-order valence-electron chi connectivity index (χ4n) is 11.6. The van der Waals surface area contributed by atoms with Crippen molar-refractivity contribution < 1.29 is 62.4 Å². The van der Waals surface area contributed by atoms with E-state index in [1.54, 1.807) is 66.7 Å². The van der Waals surface area contributed by atoms with Crippen molar-refractivity contribution in [2.75, 3.05) is 11.9 Å². The Labute approximate surface area is 410 Å². The lowest BCUT2D eigenvalue weighted by Gasteiger charge is -2.59. The van der Waals surface area contributed by atoms with Crippen LogP contribution in [0.3, 0.4) is 0 Å². The second-order valence-electron chi connectivity index (χ2n) is 22.1. The standard InChI is InChI=1S/C54H69N3O13/c1-30(55-46(63)31(2)56-49(65)70-51(6,7)8)47(64)57-36-13-11-12-33(25-36)24-32-14-16-34(17-15-32)48-67-42-27-39-38-19-18-35-26-37(58)22-23-52(35,9)45(38)40(59)28-53(39,10)54(42,69-48)41(60)29-66-43(61)20-21-44(62)68-50(3,4)5/h11-17,22-23,25-26,30-31,38-40,42,45,48,59H,18-21,24,27-29H2,1-10H3,(H,55,63)(H,56,65)(H,57,64)/t30-,31-,38-,39-,40-,42+,45+,48?,52-,53-,54+/m0/s1. The van der Waals surface area contributed by atoms with E-state index >= 15 is 0 Å². The van der Waals surface area contributed by atoms with Gasteiger partial charge in [0.25, 0.3) is 0 Å². The number of hydrogen-bond donors (Lipinski definition) is 4. The number of carbonyl (C=O) groups is 7. The van der Waals surface area contributed by atoms with Crippen molar-refractivity contribution >= 4 is 47.1 Å². The highest BCUT2D eigenvalue weighted by atomic mass is 16.7. The molecular weight excluding hydrogens is 899 g/mol. The quantitative estimate of drug-likeness (QED) is 0.112. The molecule has 1 aliphatic heterocycles. The Kier molecular flexibility index (Phi) is 14.8. The minimum absolute atomic E-state index is 0.0231. The normalized spacial score (nSPS) is 29.7. The summed E-state index contributed by atoms with van der Waals surface area (Å²) in [5, 5.41) is 20.1. The number of esters is 2. The van der Waals surface area contributed by atoms with Crippen LogP contribution in [-0.2, 0) is 58.9 Å². The summed E-state index contributed by atoms with van der Waals surface area (Å²) in [5.74, 6) is -3.15. The van der Waals surface area contributed by atoms with Crippen LogP contribution in [-0.4, -0.2) is 94.2 Å². The van der Waals surface area contributed by atoms with E-state index in [0.717, 1.165) is 16.7 Å². The fraction of sp³-hybridized carbons (Fsp3) is 0.574. The van der Waals surface area contributed by atoms with Crippen LogP contribution in [0.2, 0.25) is 0 Å². The Morgan fingerprint density at radius 3 is 2.21 bits per heavy atom. The van der Waals surface area contributed by atoms with Gasteiger partial charge in [0.2, 0.25) is 17.6 Å². The van der Waals surface area contributed by atoms with E-state index < -0.39 is 100 Å². The highest BCUT2D eigenvalue weighted by Crippen LogP contribution is 2.70. The van der Waals surface area contributed by atoms with Gasteiger partial charge in [-0.1, -0.05) is 61.9 Å². The maximum absolute atomic E-state index is 14.9. The first-order valence-corrected chi connectivity index (χ1v) is 24.4. The summed E-state index contributed by atoms with van der Waals surface area (Å²) < 4.78 is 29.8. The summed E-state index contributed by atoms with van der Waals surface area (Å²) in [7, 11) is 0. The van der Waals surface area contributed by atoms with Crippen LogP contribution in [0.15, 0.2) is 72.3 Å². The molecule has 0 radical (unpaired) electrons. The van der Waals surface area contributed by atoms with Crippen molar-refractivity contribution in [3.8, 4) is 0 Å². The molecule has 16 nitrogen and oxygen atoms in total. The van der Waals surface area contributed by atoms with E-state index in [2.05, 4.69) is 22.9 Å². The topological polar surface area (TPSA) is 222 Å². The van der Waals surface area contributed by atoms with Gasteiger partial charge in [-0.05, 0) is 135 Å². The minimum atomic E-state index is -1.59. The molecule has 4 aliphatic carbocycles. The molecule has 1 heterocycles. The predicted molar refractivity (Wildman–Crippen MR) is 257 cm³/mol. The number of anilines is 1. The summed E-state index contributed by atoms with van der Waals surface area (Å²) >= 11 is 0. The Morgan fingerprint density at radius 2 is 1.53 bits per heavy atom. The van der Waals surface area contributed by atoms with Gasteiger partial charge in [-0.3, -0.25) is 28.8 Å².